The molecule has 2 fully saturated rings. The summed E-state index contributed by atoms with van der Waals surface area (Å²) in [5, 5.41) is 13.3. The van der Waals surface area contributed by atoms with Crippen LogP contribution in [0.1, 0.15) is 135 Å². The Balaban J connectivity index is 0.00000378. The molecule has 5 rings (SSSR count). The summed E-state index contributed by atoms with van der Waals surface area (Å²) in [5.41, 5.74) is 3.46. The van der Waals surface area contributed by atoms with Crippen LogP contribution in [0.25, 0.3) is 10.8 Å². The van der Waals surface area contributed by atoms with E-state index in [-0.39, 0.29) is 30.7 Å². The molecular formula is C45H69Cl2N4OP. The second-order valence-electron chi connectivity index (χ2n) is 15.7. The quantitative estimate of drug-likeness (QED) is 0.0687. The van der Waals surface area contributed by atoms with E-state index in [2.05, 4.69) is 103 Å². The van der Waals surface area contributed by atoms with Crippen molar-refractivity contribution in [3.63, 3.8) is 0 Å². The number of hydrogen-bond donors (Lipinski definition) is 3. The number of rotatable bonds is 18. The minimum atomic E-state index is -1.05. The molecule has 3 aromatic carbocycles. The van der Waals surface area contributed by atoms with Crippen LogP contribution in [-0.4, -0.2) is 48.5 Å². The van der Waals surface area contributed by atoms with E-state index in [9.17, 15) is 4.79 Å². The highest BCUT2D eigenvalue weighted by Crippen LogP contribution is 2.63. The largest absolute Gasteiger partial charge is 1.00 e. The maximum atomic E-state index is 14.3. The van der Waals surface area contributed by atoms with Gasteiger partial charge in [0.1, 0.15) is 6.04 Å². The molecule has 0 aromatic heterocycles. The maximum absolute atomic E-state index is 14.3. The number of unbranched alkanes of at least 4 members (excludes halogenated alkanes) is 3. The molecule has 0 bridgehead atoms. The zero-order chi connectivity index (χ0) is 35.7. The molecule has 0 heterocycles. The second-order valence-corrected chi connectivity index (χ2v) is 20.1. The number of fused-ring (bicyclic) bond motifs is 1. The Hall–Kier alpha value is -2.33. The maximum Gasteiger partial charge on any atom is 0.247 e. The molecule has 294 valence electrons. The summed E-state index contributed by atoms with van der Waals surface area (Å²) >= 11 is 0. The molecule has 0 spiro atoms. The van der Waals surface area contributed by atoms with Crippen LogP contribution in [0.15, 0.2) is 71.7 Å². The lowest BCUT2D eigenvalue weighted by molar-refractivity contribution is -0.117. The molecule has 2 aliphatic carbocycles. The summed E-state index contributed by atoms with van der Waals surface area (Å²) in [5.74, 6) is 0.810. The zero-order valence-corrected chi connectivity index (χ0v) is 35.5. The number of hydrogen-bond acceptors (Lipinski definition) is 2. The Morgan fingerprint density at radius 1 is 0.736 bits per heavy atom. The highest BCUT2D eigenvalue weighted by atomic mass is 35.5. The normalized spacial score (nSPS) is 16.3. The number of carbonyl (C=O) groups is 1. The van der Waals surface area contributed by atoms with Crippen LogP contribution in [-0.2, 0) is 17.4 Å². The Kier molecular flexibility index (Phi) is 20.6. The summed E-state index contributed by atoms with van der Waals surface area (Å²) in [6.07, 6.45) is 26.2. The van der Waals surface area contributed by atoms with Crippen LogP contribution in [0.5, 0.6) is 0 Å². The van der Waals surface area contributed by atoms with Gasteiger partial charge in [-0.2, -0.15) is 0 Å². The molecule has 2 saturated carbocycles. The van der Waals surface area contributed by atoms with E-state index in [1.807, 2.05) is 0 Å². The van der Waals surface area contributed by atoms with Gasteiger partial charge in [0.15, 0.2) is 5.96 Å². The number of carbonyl (C=O) groups excluding carboxylic acids is 1. The van der Waals surface area contributed by atoms with Crippen molar-refractivity contribution in [2.45, 2.75) is 154 Å². The molecule has 0 aliphatic heterocycles. The Bertz CT molecular complexity index is 1480. The minimum absolute atomic E-state index is 0. The van der Waals surface area contributed by atoms with Gasteiger partial charge < -0.3 is 28.4 Å². The van der Waals surface area contributed by atoms with Crippen molar-refractivity contribution in [2.24, 2.45) is 4.99 Å². The first kappa shape index (κ1) is 45.1. The third-order valence-corrected chi connectivity index (χ3v) is 16.2. The van der Waals surface area contributed by atoms with Crippen LogP contribution >= 0.6 is 19.7 Å². The van der Waals surface area contributed by atoms with Gasteiger partial charge in [0, 0.05) is 25.4 Å². The van der Waals surface area contributed by atoms with Crippen molar-refractivity contribution < 1.29 is 17.2 Å². The molecule has 3 N–H and O–H groups in total. The lowest BCUT2D eigenvalue weighted by Crippen LogP contribution is -3.00. The summed E-state index contributed by atoms with van der Waals surface area (Å²) in [7, 11) is -1.05. The Labute approximate surface area is 335 Å². The van der Waals surface area contributed by atoms with E-state index in [0.29, 0.717) is 18.5 Å². The third kappa shape index (κ3) is 14.7. The molecule has 0 saturated heterocycles. The molecule has 1 atom stereocenters. The van der Waals surface area contributed by atoms with Gasteiger partial charge in [0.25, 0.3) is 0 Å². The van der Waals surface area contributed by atoms with Gasteiger partial charge in [-0.3, -0.25) is 4.79 Å². The summed E-state index contributed by atoms with van der Waals surface area (Å²) in [6, 6.07) is 24.2. The summed E-state index contributed by atoms with van der Waals surface area (Å²) < 4.78 is 0. The van der Waals surface area contributed by atoms with E-state index in [1.165, 1.54) is 118 Å². The highest BCUT2D eigenvalue weighted by Gasteiger charge is 2.35. The number of halogens is 2. The van der Waals surface area contributed by atoms with Gasteiger partial charge in [0.2, 0.25) is 5.91 Å². The van der Waals surface area contributed by atoms with Crippen molar-refractivity contribution in [1.82, 2.24) is 10.6 Å². The lowest BCUT2D eigenvalue weighted by Gasteiger charge is -2.29. The molecule has 0 radical (unpaired) electrons. The van der Waals surface area contributed by atoms with E-state index >= 15 is 0 Å². The van der Waals surface area contributed by atoms with E-state index in [4.69, 9.17) is 4.99 Å². The Morgan fingerprint density at radius 3 is 1.91 bits per heavy atom. The van der Waals surface area contributed by atoms with Crippen molar-refractivity contribution in [3.8, 4) is 0 Å². The number of aliphatic imine (C=N–C) groups is 1. The van der Waals surface area contributed by atoms with Crippen molar-refractivity contribution >= 4 is 48.0 Å². The van der Waals surface area contributed by atoms with Crippen LogP contribution < -0.4 is 28.4 Å². The first-order chi connectivity index (χ1) is 25.0. The van der Waals surface area contributed by atoms with Gasteiger partial charge in [-0.1, -0.05) is 133 Å². The number of anilines is 1. The molecular weight excluding hydrogens is 714 g/mol. The van der Waals surface area contributed by atoms with Crippen molar-refractivity contribution in [1.29, 1.82) is 0 Å². The number of guanidine groups is 1. The molecule has 2 aliphatic rings. The van der Waals surface area contributed by atoms with E-state index in [0.717, 1.165) is 42.9 Å². The highest BCUT2D eigenvalue weighted by molar-refractivity contribution is 7.75. The number of nitrogens with zero attached hydrogens (tertiary/aromatic N) is 1. The lowest BCUT2D eigenvalue weighted by atomic mass is 9.95. The standard InChI is InChI=1S/C45H67N4OP.2ClH/c1-4-7-30-51(31-8-5-2,32-9-6-3)35-36-25-28-42(29-26-36)46-44(50)43(34-37-24-27-38-18-16-17-19-39(38)33-37)49-45(47-40-20-12-10-13-21-40)48-41-22-14-11-15-23-41;;/h16-19,24-29,33,40-41,43H,4-15,20-23,30-32,34-35H2,1-3H3,(H2-,46,47,48,49,50);2*1H/t43-;;/m1../s1. The van der Waals surface area contributed by atoms with Gasteiger partial charge in [0.05, 0.1) is 30.7 Å². The average molecular weight is 784 g/mol. The predicted molar refractivity (Wildman–Crippen MR) is 231 cm³/mol. The smallest absolute Gasteiger partial charge is 0.247 e. The monoisotopic (exact) mass is 782 g/mol. The summed E-state index contributed by atoms with van der Waals surface area (Å²) in [6.45, 7) is 7.01. The summed E-state index contributed by atoms with van der Waals surface area (Å²) in [4.78, 5) is 19.6. The van der Waals surface area contributed by atoms with Gasteiger partial charge in [-0.15, -0.1) is 12.4 Å². The van der Waals surface area contributed by atoms with Gasteiger partial charge in [-0.25, -0.2) is 4.99 Å². The molecule has 3 aromatic rings. The predicted octanol–water partition coefficient (Wildman–Crippen LogP) is 8.93. The van der Waals surface area contributed by atoms with Gasteiger partial charge in [-0.05, 0) is 79.0 Å². The van der Waals surface area contributed by atoms with Crippen LogP contribution in [0.4, 0.5) is 5.69 Å². The van der Waals surface area contributed by atoms with Crippen molar-refractivity contribution in [3.05, 3.63) is 77.9 Å². The third-order valence-electron chi connectivity index (χ3n) is 11.4. The fourth-order valence-electron chi connectivity index (χ4n) is 8.29. The number of amides is 1. The molecule has 53 heavy (non-hydrogen) atoms. The van der Waals surface area contributed by atoms with E-state index < -0.39 is 13.3 Å². The molecule has 0 unspecified atom stereocenters. The second kappa shape index (κ2) is 24.2. The fourth-order valence-corrected chi connectivity index (χ4v) is 13.4. The number of benzene rings is 3. The average Bonchev–Trinajstić information content (AvgIpc) is 3.16. The molecule has 5 nitrogen and oxygen atoms in total. The molecule has 1 amide bonds. The molecule has 8 heteroatoms. The first-order valence-electron chi connectivity index (χ1n) is 20.8. The van der Waals surface area contributed by atoms with E-state index in [1.54, 1.807) is 0 Å². The minimum Gasteiger partial charge on any atom is -1.00 e. The first-order valence-corrected chi connectivity index (χ1v) is 23.4. The van der Waals surface area contributed by atoms with Crippen LogP contribution in [0.3, 0.4) is 0 Å². The topological polar surface area (TPSA) is 65.5 Å². The van der Waals surface area contributed by atoms with Crippen LogP contribution in [0.2, 0.25) is 0 Å². The van der Waals surface area contributed by atoms with Gasteiger partial charge >= 0.3 is 0 Å². The zero-order valence-electron chi connectivity index (χ0n) is 33.0. The SMILES string of the molecule is CCCC[P+](CCCC)(CCCC)Cc1ccc(NC(=O)[C@@H](Cc2ccc3ccccc3c2)NC(=NC2CCCCC2)NC2CCCCC2)cc1.Cl.[Cl-]. The van der Waals surface area contributed by atoms with Crippen molar-refractivity contribution in [2.75, 3.05) is 23.8 Å². The Morgan fingerprint density at radius 2 is 1.30 bits per heavy atom. The van der Waals surface area contributed by atoms with Crippen LogP contribution in [0, 0.1) is 0 Å². The number of nitrogens with one attached hydrogen (secondary N) is 3. The fraction of sp³-hybridized carbons (Fsp3) is 0.600.